The van der Waals surface area contributed by atoms with Gasteiger partial charge in [0.15, 0.2) is 0 Å². The van der Waals surface area contributed by atoms with E-state index in [1.165, 1.54) is 54.8 Å². The van der Waals surface area contributed by atoms with Gasteiger partial charge in [-0.05, 0) is 86.6 Å². The number of fused-ring (bicyclic) bond motifs is 9. The molecule has 0 amide bonds. The normalized spacial score (nSPS) is 11.6. The molecular formula is C52H33N3. The molecule has 9 aromatic carbocycles. The summed E-state index contributed by atoms with van der Waals surface area (Å²) < 4.78 is 2.38. The van der Waals surface area contributed by atoms with Gasteiger partial charge in [-0.1, -0.05) is 152 Å². The lowest BCUT2D eigenvalue weighted by Crippen LogP contribution is -1.94. The summed E-state index contributed by atoms with van der Waals surface area (Å²) in [6.45, 7) is 0. The van der Waals surface area contributed by atoms with Crippen molar-refractivity contribution >= 4 is 54.4 Å². The van der Waals surface area contributed by atoms with Crippen LogP contribution in [0.2, 0.25) is 0 Å². The average Bonchev–Trinajstić information content (AvgIpc) is 3.60. The first-order valence-electron chi connectivity index (χ1n) is 18.7. The van der Waals surface area contributed by atoms with E-state index < -0.39 is 0 Å². The maximum absolute atomic E-state index is 5.24. The summed E-state index contributed by atoms with van der Waals surface area (Å²) in [5.74, 6) is 0. The number of rotatable bonds is 5. The van der Waals surface area contributed by atoms with Crippen LogP contribution in [0.1, 0.15) is 0 Å². The minimum Gasteiger partial charge on any atom is -0.309 e. The fourth-order valence-corrected chi connectivity index (χ4v) is 8.36. The number of hydrogen-bond acceptors (Lipinski definition) is 2. The van der Waals surface area contributed by atoms with Crippen molar-refractivity contribution < 1.29 is 0 Å². The van der Waals surface area contributed by atoms with Gasteiger partial charge in [0.1, 0.15) is 0 Å². The number of nitrogens with zero attached hydrogens (tertiary/aromatic N) is 3. The van der Waals surface area contributed by atoms with Crippen LogP contribution in [0.5, 0.6) is 0 Å². The van der Waals surface area contributed by atoms with E-state index in [-0.39, 0.29) is 0 Å². The molecule has 11 rings (SSSR count). The minimum atomic E-state index is 0.864. The van der Waals surface area contributed by atoms with Gasteiger partial charge in [-0.15, -0.1) is 0 Å². The highest BCUT2D eigenvalue weighted by Crippen LogP contribution is 2.37. The van der Waals surface area contributed by atoms with Crippen molar-refractivity contribution in [3.63, 3.8) is 0 Å². The topological polar surface area (TPSA) is 30.7 Å². The predicted octanol–water partition coefficient (Wildman–Crippen LogP) is 13.7. The molecule has 0 aliphatic carbocycles. The minimum absolute atomic E-state index is 0.864. The van der Waals surface area contributed by atoms with E-state index in [0.29, 0.717) is 0 Å². The van der Waals surface area contributed by atoms with Crippen molar-refractivity contribution in [3.8, 4) is 50.3 Å². The Labute approximate surface area is 318 Å². The first kappa shape index (κ1) is 31.2. The molecule has 0 fully saturated rings. The lowest BCUT2D eigenvalue weighted by molar-refractivity contribution is 1.18. The number of hydrogen-bond donors (Lipinski definition) is 0. The lowest BCUT2D eigenvalue weighted by atomic mass is 9.97. The van der Waals surface area contributed by atoms with Crippen LogP contribution in [0.25, 0.3) is 105 Å². The summed E-state index contributed by atoms with van der Waals surface area (Å²) in [5.41, 5.74) is 14.4. The molecule has 0 saturated heterocycles. The molecule has 2 heterocycles. The Morgan fingerprint density at radius 2 is 0.800 bits per heavy atom. The Balaban J connectivity index is 0.941. The average molecular weight is 700 g/mol. The molecule has 0 N–H and O–H groups in total. The van der Waals surface area contributed by atoms with Gasteiger partial charge in [-0.3, -0.25) is 4.98 Å². The van der Waals surface area contributed by atoms with Crippen molar-refractivity contribution in [1.82, 2.24) is 14.5 Å². The van der Waals surface area contributed by atoms with E-state index in [9.17, 15) is 0 Å². The van der Waals surface area contributed by atoms with E-state index >= 15 is 0 Å². The Kier molecular flexibility index (Phi) is 7.17. The van der Waals surface area contributed by atoms with E-state index in [1.54, 1.807) is 0 Å². The summed E-state index contributed by atoms with van der Waals surface area (Å²) >= 11 is 0. The predicted molar refractivity (Wildman–Crippen MR) is 231 cm³/mol. The molecule has 256 valence electrons. The molecule has 2 aromatic heterocycles. The maximum Gasteiger partial charge on any atom is 0.0979 e. The number of benzene rings is 9. The zero-order valence-electron chi connectivity index (χ0n) is 29.9. The second-order valence-electron chi connectivity index (χ2n) is 14.2. The second kappa shape index (κ2) is 12.6. The molecule has 0 atom stereocenters. The summed E-state index contributed by atoms with van der Waals surface area (Å²) in [7, 11) is 0. The Morgan fingerprint density at radius 1 is 0.309 bits per heavy atom. The molecule has 55 heavy (non-hydrogen) atoms. The van der Waals surface area contributed by atoms with Crippen molar-refractivity contribution in [2.24, 2.45) is 0 Å². The van der Waals surface area contributed by atoms with Crippen LogP contribution in [0.4, 0.5) is 0 Å². The van der Waals surface area contributed by atoms with Crippen molar-refractivity contribution in [2.45, 2.75) is 0 Å². The van der Waals surface area contributed by atoms with Gasteiger partial charge in [-0.2, -0.15) is 0 Å². The van der Waals surface area contributed by atoms with Crippen molar-refractivity contribution in [3.05, 3.63) is 200 Å². The number of aromatic nitrogens is 3. The quantitative estimate of drug-likeness (QED) is 0.167. The van der Waals surface area contributed by atoms with Crippen LogP contribution in [0.3, 0.4) is 0 Å². The third kappa shape index (κ3) is 5.20. The molecule has 0 unspecified atom stereocenters. The lowest BCUT2D eigenvalue weighted by Gasteiger charge is -2.12. The molecular weight excluding hydrogens is 667 g/mol. The molecule has 0 saturated carbocycles. The summed E-state index contributed by atoms with van der Waals surface area (Å²) in [5, 5.41) is 7.16. The van der Waals surface area contributed by atoms with E-state index in [2.05, 4.69) is 199 Å². The van der Waals surface area contributed by atoms with Gasteiger partial charge in [0.05, 0.1) is 34.0 Å². The highest BCUT2D eigenvalue weighted by Gasteiger charge is 2.15. The van der Waals surface area contributed by atoms with Crippen LogP contribution in [-0.2, 0) is 0 Å². The first-order chi connectivity index (χ1) is 27.3. The maximum atomic E-state index is 5.24. The Hall–Kier alpha value is -7.36. The summed E-state index contributed by atoms with van der Waals surface area (Å²) in [4.78, 5) is 10.2. The first-order valence-corrected chi connectivity index (χ1v) is 18.7. The smallest absolute Gasteiger partial charge is 0.0979 e. The molecule has 11 aromatic rings. The van der Waals surface area contributed by atoms with Crippen LogP contribution in [0.15, 0.2) is 200 Å². The Bertz CT molecular complexity index is 3210. The van der Waals surface area contributed by atoms with Gasteiger partial charge < -0.3 is 4.57 Å². The van der Waals surface area contributed by atoms with Gasteiger partial charge in [0.25, 0.3) is 0 Å². The molecule has 3 heteroatoms. The fourth-order valence-electron chi connectivity index (χ4n) is 8.36. The molecule has 0 aliphatic rings. The second-order valence-corrected chi connectivity index (χ2v) is 14.2. The SMILES string of the molecule is c1ccc(-c2ccc3c(c2)c2ccccc2n3-c2ccc(-c3cccc(-c4cccc(-c5cnc6c7ccccc7c7ccccc7c6n5)c4)c3)cc2)cc1. The summed E-state index contributed by atoms with van der Waals surface area (Å²) in [6.07, 6.45) is 1.92. The van der Waals surface area contributed by atoms with Crippen LogP contribution >= 0.6 is 0 Å². The molecule has 0 spiro atoms. The molecule has 3 nitrogen and oxygen atoms in total. The highest BCUT2D eigenvalue weighted by atomic mass is 15.0. The zero-order chi connectivity index (χ0) is 36.3. The number of para-hydroxylation sites is 1. The molecule has 0 radical (unpaired) electrons. The zero-order valence-corrected chi connectivity index (χ0v) is 29.9. The largest absolute Gasteiger partial charge is 0.309 e. The van der Waals surface area contributed by atoms with Gasteiger partial charge >= 0.3 is 0 Å². The van der Waals surface area contributed by atoms with Crippen LogP contribution in [0, 0.1) is 0 Å². The van der Waals surface area contributed by atoms with E-state index in [4.69, 9.17) is 9.97 Å². The Morgan fingerprint density at radius 3 is 1.53 bits per heavy atom. The summed E-state index contributed by atoms with van der Waals surface area (Å²) in [6, 6.07) is 69.5. The van der Waals surface area contributed by atoms with Crippen molar-refractivity contribution in [2.75, 3.05) is 0 Å². The van der Waals surface area contributed by atoms with Crippen LogP contribution < -0.4 is 0 Å². The van der Waals surface area contributed by atoms with Crippen LogP contribution in [-0.4, -0.2) is 14.5 Å². The van der Waals surface area contributed by atoms with E-state index in [1.807, 2.05) is 6.20 Å². The highest BCUT2D eigenvalue weighted by molar-refractivity contribution is 6.23. The van der Waals surface area contributed by atoms with Gasteiger partial charge in [0, 0.05) is 32.8 Å². The van der Waals surface area contributed by atoms with E-state index in [0.717, 1.165) is 49.9 Å². The molecule has 0 bridgehead atoms. The van der Waals surface area contributed by atoms with Gasteiger partial charge in [-0.25, -0.2) is 4.98 Å². The standard InChI is InChI=1S/C52H33N3/c1-2-12-34(13-3-1)39-26-29-50-47(32-39)44-20-8-9-23-49(44)55(50)41-27-24-35(25-28-41)36-14-10-15-37(30-36)38-16-11-17-40(31-38)48-33-53-51-45-21-6-4-18-42(45)43-19-5-7-22-46(43)52(51)54-48/h1-33H. The third-order valence-corrected chi connectivity index (χ3v) is 11.0. The fraction of sp³-hybridized carbons (Fsp3) is 0. The molecule has 0 aliphatic heterocycles. The van der Waals surface area contributed by atoms with Crippen molar-refractivity contribution in [1.29, 1.82) is 0 Å². The monoisotopic (exact) mass is 699 g/mol. The van der Waals surface area contributed by atoms with Gasteiger partial charge in [0.2, 0.25) is 0 Å². The third-order valence-electron chi connectivity index (χ3n) is 11.0.